The molecule has 1 unspecified atom stereocenters. The molecule has 0 saturated heterocycles. The van der Waals surface area contributed by atoms with Gasteiger partial charge in [-0.05, 0) is 76.2 Å². The minimum atomic E-state index is -1.27. The number of nitrogens with one attached hydrogen (secondary N) is 4. The van der Waals surface area contributed by atoms with Gasteiger partial charge in [0.05, 0.1) is 5.56 Å². The van der Waals surface area contributed by atoms with Crippen molar-refractivity contribution in [3.63, 3.8) is 0 Å². The Morgan fingerprint density at radius 2 is 1.39 bits per heavy atom. The van der Waals surface area contributed by atoms with Gasteiger partial charge in [0.2, 0.25) is 6.29 Å². The number of aromatic carboxylic acids is 1. The SMILES string of the molecule is C=Cc1ccc(-c2ccc(-c3ccc(C(=O)NCC(C)C)cc3C(=O)O)c(C(=O)Nc3ccc(C(=N)NC(=O)OC(C)OC(C)=O)cc3)c2)cc1. The van der Waals surface area contributed by atoms with E-state index in [1.807, 2.05) is 38.1 Å². The number of esters is 1. The molecule has 3 amide bonds. The first-order chi connectivity index (χ1) is 24.2. The summed E-state index contributed by atoms with van der Waals surface area (Å²) in [4.78, 5) is 62.3. The van der Waals surface area contributed by atoms with Crippen molar-refractivity contribution in [3.05, 3.63) is 119 Å². The normalized spacial score (nSPS) is 11.2. The highest BCUT2D eigenvalue weighted by Crippen LogP contribution is 2.33. The largest absolute Gasteiger partial charge is 0.478 e. The maximum atomic E-state index is 14.0. The number of rotatable bonds is 12. The van der Waals surface area contributed by atoms with Crippen molar-refractivity contribution < 1.29 is 38.6 Å². The molecular formula is C39H38N4O8. The molecule has 4 aromatic carbocycles. The van der Waals surface area contributed by atoms with Gasteiger partial charge in [0.25, 0.3) is 11.8 Å². The molecule has 12 nitrogen and oxygen atoms in total. The number of hydrogen-bond donors (Lipinski definition) is 5. The average Bonchev–Trinajstić information content (AvgIpc) is 3.09. The lowest BCUT2D eigenvalue weighted by Gasteiger charge is -2.16. The summed E-state index contributed by atoms with van der Waals surface area (Å²) in [7, 11) is 0. The molecule has 0 aliphatic rings. The van der Waals surface area contributed by atoms with E-state index in [1.165, 1.54) is 56.3 Å². The fraction of sp³-hybridized carbons (Fsp3) is 0.179. The van der Waals surface area contributed by atoms with Crippen LogP contribution >= 0.6 is 0 Å². The molecular weight excluding hydrogens is 652 g/mol. The topological polar surface area (TPSA) is 184 Å². The van der Waals surface area contributed by atoms with E-state index in [1.54, 1.807) is 24.3 Å². The highest BCUT2D eigenvalue weighted by Gasteiger charge is 2.22. The lowest BCUT2D eigenvalue weighted by atomic mass is 9.90. The third-order valence-electron chi connectivity index (χ3n) is 7.48. The van der Waals surface area contributed by atoms with Crippen molar-refractivity contribution in [2.75, 3.05) is 11.9 Å². The standard InChI is InChI=1S/C39H38N4O8/c1-6-25-7-9-26(10-8-25)28-13-17-31(32-18-14-29(20-34(32)38(47)48)36(45)41-21-22(2)3)33(19-28)37(46)42-30-15-11-27(12-16-30)35(40)43-39(49)51-24(5)50-23(4)44/h6-20,22,24H,1,21H2,2-5H3,(H,41,45)(H,42,46)(H,47,48)(H2,40,43,49). The van der Waals surface area contributed by atoms with Gasteiger partial charge in [-0.25, -0.2) is 9.59 Å². The van der Waals surface area contributed by atoms with Crippen molar-refractivity contribution in [2.24, 2.45) is 5.92 Å². The Labute approximate surface area is 295 Å². The molecule has 12 heteroatoms. The van der Waals surface area contributed by atoms with Gasteiger partial charge >= 0.3 is 18.0 Å². The molecule has 0 radical (unpaired) electrons. The summed E-state index contributed by atoms with van der Waals surface area (Å²) in [6.45, 7) is 10.6. The number of benzene rings is 4. The quantitative estimate of drug-likeness (QED) is 0.0457. The van der Waals surface area contributed by atoms with Crippen LogP contribution in [0.3, 0.4) is 0 Å². The van der Waals surface area contributed by atoms with Crippen molar-refractivity contribution in [1.82, 2.24) is 10.6 Å². The Morgan fingerprint density at radius 3 is 2.00 bits per heavy atom. The van der Waals surface area contributed by atoms with E-state index >= 15 is 0 Å². The van der Waals surface area contributed by atoms with E-state index in [0.29, 0.717) is 28.9 Å². The molecule has 0 aliphatic heterocycles. The van der Waals surface area contributed by atoms with E-state index < -0.39 is 36.1 Å². The van der Waals surface area contributed by atoms with Crippen LogP contribution in [-0.4, -0.2) is 53.6 Å². The van der Waals surface area contributed by atoms with Crippen molar-refractivity contribution in [3.8, 4) is 22.3 Å². The molecule has 0 spiro atoms. The number of ether oxygens (including phenoxy) is 2. The number of amides is 3. The van der Waals surface area contributed by atoms with Crippen LogP contribution < -0.4 is 16.0 Å². The first-order valence-electron chi connectivity index (χ1n) is 15.9. The number of alkyl carbamates (subject to hydrolysis) is 1. The summed E-state index contributed by atoms with van der Waals surface area (Å²) in [5.74, 6) is -2.95. The number of carbonyl (C=O) groups is 5. The summed E-state index contributed by atoms with van der Waals surface area (Å²) < 4.78 is 9.63. The molecule has 0 fully saturated rings. The van der Waals surface area contributed by atoms with Crippen LogP contribution in [0, 0.1) is 11.3 Å². The smallest absolute Gasteiger partial charge is 0.415 e. The van der Waals surface area contributed by atoms with Crippen LogP contribution in [0.5, 0.6) is 0 Å². The minimum Gasteiger partial charge on any atom is -0.478 e. The maximum absolute atomic E-state index is 14.0. The Hall–Kier alpha value is -6.56. The van der Waals surface area contributed by atoms with Crippen molar-refractivity contribution in [2.45, 2.75) is 34.0 Å². The van der Waals surface area contributed by atoms with E-state index in [9.17, 15) is 29.1 Å². The molecule has 0 saturated carbocycles. The third kappa shape index (κ3) is 9.98. The second kappa shape index (κ2) is 16.7. The molecule has 4 rings (SSSR count). The highest BCUT2D eigenvalue weighted by molar-refractivity contribution is 6.12. The zero-order valence-electron chi connectivity index (χ0n) is 28.5. The Bertz CT molecular complexity index is 1990. The number of amidine groups is 1. The summed E-state index contributed by atoms with van der Waals surface area (Å²) in [6, 6.07) is 23.1. The van der Waals surface area contributed by atoms with Crippen molar-refractivity contribution >= 4 is 47.4 Å². The van der Waals surface area contributed by atoms with E-state index in [-0.39, 0.29) is 34.0 Å². The molecule has 1 atom stereocenters. The molecule has 0 aromatic heterocycles. The Kier molecular flexibility index (Phi) is 12.2. The first kappa shape index (κ1) is 37.3. The monoisotopic (exact) mass is 690 g/mol. The zero-order valence-corrected chi connectivity index (χ0v) is 28.5. The van der Waals surface area contributed by atoms with Gasteiger partial charge in [-0.3, -0.25) is 25.1 Å². The van der Waals surface area contributed by atoms with Crippen LogP contribution in [0.15, 0.2) is 91.5 Å². The summed E-state index contributed by atoms with van der Waals surface area (Å²) in [5.41, 5.74) is 3.83. The third-order valence-corrected chi connectivity index (χ3v) is 7.48. The van der Waals surface area contributed by atoms with Gasteiger partial charge in [-0.1, -0.05) is 69.0 Å². The van der Waals surface area contributed by atoms with Gasteiger partial charge in [0.1, 0.15) is 5.84 Å². The predicted octanol–water partition coefficient (Wildman–Crippen LogP) is 6.96. The lowest BCUT2D eigenvalue weighted by molar-refractivity contribution is -0.161. The summed E-state index contributed by atoms with van der Waals surface area (Å²) in [6.07, 6.45) is -0.434. The molecule has 4 aromatic rings. The Balaban J connectivity index is 1.66. The van der Waals surface area contributed by atoms with E-state index in [2.05, 4.69) is 22.5 Å². The molecule has 0 heterocycles. The van der Waals surface area contributed by atoms with Crippen LogP contribution in [0.4, 0.5) is 10.5 Å². The summed E-state index contributed by atoms with van der Waals surface area (Å²) >= 11 is 0. The number of carboxylic acid groups (broad SMARTS) is 1. The average molecular weight is 691 g/mol. The minimum absolute atomic E-state index is 0.152. The predicted molar refractivity (Wildman–Crippen MR) is 194 cm³/mol. The summed E-state index contributed by atoms with van der Waals surface area (Å²) in [5, 5.41) is 26.2. The lowest BCUT2D eigenvalue weighted by Crippen LogP contribution is -2.34. The number of anilines is 1. The first-order valence-corrected chi connectivity index (χ1v) is 15.9. The zero-order chi connectivity index (χ0) is 37.2. The second-order valence-electron chi connectivity index (χ2n) is 11.9. The van der Waals surface area contributed by atoms with Crippen molar-refractivity contribution in [1.29, 1.82) is 5.41 Å². The maximum Gasteiger partial charge on any atom is 0.415 e. The van der Waals surface area contributed by atoms with Gasteiger partial charge in [-0.2, -0.15) is 0 Å². The van der Waals surface area contributed by atoms with Crippen LogP contribution in [0.1, 0.15) is 69.9 Å². The van der Waals surface area contributed by atoms with E-state index in [0.717, 1.165) is 11.1 Å². The second-order valence-corrected chi connectivity index (χ2v) is 11.9. The number of carboxylic acids is 1. The number of carbonyl (C=O) groups excluding carboxylic acids is 4. The fourth-order valence-corrected chi connectivity index (χ4v) is 4.99. The van der Waals surface area contributed by atoms with Gasteiger partial charge in [0.15, 0.2) is 0 Å². The van der Waals surface area contributed by atoms with Crippen LogP contribution in [-0.2, 0) is 14.3 Å². The van der Waals surface area contributed by atoms with Gasteiger partial charge < -0.3 is 25.2 Å². The van der Waals surface area contributed by atoms with Gasteiger partial charge in [0, 0.05) is 42.8 Å². The van der Waals surface area contributed by atoms with E-state index in [4.69, 9.17) is 14.9 Å². The molecule has 0 aliphatic carbocycles. The van der Waals surface area contributed by atoms with Crippen LogP contribution in [0.25, 0.3) is 28.3 Å². The number of hydrogen-bond acceptors (Lipinski definition) is 8. The molecule has 0 bridgehead atoms. The fourth-order valence-electron chi connectivity index (χ4n) is 4.99. The molecule has 51 heavy (non-hydrogen) atoms. The van der Waals surface area contributed by atoms with Crippen LogP contribution in [0.2, 0.25) is 0 Å². The highest BCUT2D eigenvalue weighted by atomic mass is 16.7. The molecule has 262 valence electrons. The Morgan fingerprint density at radius 1 is 0.784 bits per heavy atom. The van der Waals surface area contributed by atoms with Gasteiger partial charge in [-0.15, -0.1) is 0 Å². The molecule has 5 N–H and O–H groups in total.